The van der Waals surface area contributed by atoms with Crippen LogP contribution < -0.4 is 10.1 Å². The number of nitrogens with one attached hydrogen (secondary N) is 1. The summed E-state index contributed by atoms with van der Waals surface area (Å²) in [7, 11) is 1.88. The van der Waals surface area contributed by atoms with Crippen LogP contribution >= 0.6 is 23.4 Å². The van der Waals surface area contributed by atoms with E-state index >= 15 is 0 Å². The maximum absolute atomic E-state index is 12.3. The Morgan fingerprint density at radius 1 is 1.16 bits per heavy atom. The van der Waals surface area contributed by atoms with Crippen LogP contribution in [0.15, 0.2) is 41.6 Å². The molecule has 4 rings (SSSR count). The summed E-state index contributed by atoms with van der Waals surface area (Å²) >= 11 is 7.35. The van der Waals surface area contributed by atoms with E-state index < -0.39 is 0 Å². The monoisotopic (exact) mass is 456 g/mol. The first-order chi connectivity index (χ1) is 15.0. The number of ether oxygens (including phenoxy) is 1. The van der Waals surface area contributed by atoms with E-state index in [4.69, 9.17) is 16.3 Å². The molecule has 0 saturated carbocycles. The van der Waals surface area contributed by atoms with Gasteiger partial charge in [-0.1, -0.05) is 35.5 Å². The zero-order valence-corrected chi connectivity index (χ0v) is 19.2. The largest absolute Gasteiger partial charge is 0.486 e. The van der Waals surface area contributed by atoms with E-state index in [0.717, 1.165) is 29.8 Å². The van der Waals surface area contributed by atoms with Crippen molar-refractivity contribution in [1.82, 2.24) is 14.8 Å². The van der Waals surface area contributed by atoms with Crippen LogP contribution in [0.3, 0.4) is 0 Å². The zero-order chi connectivity index (χ0) is 21.8. The molecule has 1 amide bonds. The van der Waals surface area contributed by atoms with Gasteiger partial charge >= 0.3 is 0 Å². The average molecular weight is 457 g/mol. The van der Waals surface area contributed by atoms with Crippen molar-refractivity contribution >= 4 is 35.0 Å². The van der Waals surface area contributed by atoms with Gasteiger partial charge in [0.25, 0.3) is 0 Å². The minimum Gasteiger partial charge on any atom is -0.486 e. The predicted octanol–water partition coefficient (Wildman–Crippen LogP) is 4.97. The molecule has 1 heterocycles. The number of hydrogen-bond acceptors (Lipinski definition) is 5. The Kier molecular flexibility index (Phi) is 6.83. The number of carbonyl (C=O) groups is 1. The number of fused-ring (bicyclic) bond motifs is 1. The number of amides is 1. The van der Waals surface area contributed by atoms with Crippen molar-refractivity contribution < 1.29 is 9.53 Å². The van der Waals surface area contributed by atoms with Crippen LogP contribution in [0.5, 0.6) is 5.75 Å². The van der Waals surface area contributed by atoms with Gasteiger partial charge in [0.2, 0.25) is 5.91 Å². The second kappa shape index (κ2) is 9.75. The molecule has 0 spiro atoms. The van der Waals surface area contributed by atoms with Crippen LogP contribution in [0.4, 0.5) is 5.69 Å². The first kappa shape index (κ1) is 21.7. The van der Waals surface area contributed by atoms with E-state index in [1.165, 1.54) is 35.7 Å². The first-order valence-corrected chi connectivity index (χ1v) is 11.7. The molecule has 6 nitrogen and oxygen atoms in total. The van der Waals surface area contributed by atoms with Crippen LogP contribution in [0.2, 0.25) is 5.02 Å². The minimum absolute atomic E-state index is 0.120. The van der Waals surface area contributed by atoms with Crippen molar-refractivity contribution in [2.45, 2.75) is 44.4 Å². The number of benzene rings is 2. The lowest BCUT2D eigenvalue weighted by Crippen LogP contribution is -2.15. The summed E-state index contributed by atoms with van der Waals surface area (Å²) < 4.78 is 7.82. The van der Waals surface area contributed by atoms with Crippen LogP contribution in [0.1, 0.15) is 35.4 Å². The van der Waals surface area contributed by atoms with Crippen molar-refractivity contribution in [2.75, 3.05) is 11.1 Å². The van der Waals surface area contributed by atoms with Crippen LogP contribution in [0, 0.1) is 6.92 Å². The molecule has 1 aromatic heterocycles. The Morgan fingerprint density at radius 3 is 2.81 bits per heavy atom. The highest BCUT2D eigenvalue weighted by atomic mass is 35.5. The van der Waals surface area contributed by atoms with E-state index in [1.807, 2.05) is 30.7 Å². The molecule has 1 aliphatic carbocycles. The number of carbonyl (C=O) groups excluding carboxylic acids is 1. The van der Waals surface area contributed by atoms with Gasteiger partial charge in [0.1, 0.15) is 12.4 Å². The van der Waals surface area contributed by atoms with Gasteiger partial charge in [-0.3, -0.25) is 4.79 Å². The van der Waals surface area contributed by atoms with Gasteiger partial charge in [-0.25, -0.2) is 0 Å². The Bertz CT molecular complexity index is 1100. The molecular formula is C23H25ClN4O2S. The lowest BCUT2D eigenvalue weighted by atomic mass is 9.92. The molecule has 0 unspecified atom stereocenters. The minimum atomic E-state index is -0.120. The van der Waals surface area contributed by atoms with Crippen molar-refractivity contribution in [3.63, 3.8) is 0 Å². The quantitative estimate of drug-likeness (QED) is 0.508. The second-order valence-corrected chi connectivity index (χ2v) is 9.06. The van der Waals surface area contributed by atoms with Crippen LogP contribution in [-0.2, 0) is 31.3 Å². The van der Waals surface area contributed by atoms with Gasteiger partial charge in [-0.15, -0.1) is 10.2 Å². The summed E-state index contributed by atoms with van der Waals surface area (Å²) in [5, 5.41) is 12.6. The van der Waals surface area contributed by atoms with Crippen molar-refractivity contribution in [3.05, 3.63) is 63.9 Å². The van der Waals surface area contributed by atoms with E-state index in [9.17, 15) is 4.79 Å². The number of rotatable bonds is 7. The van der Waals surface area contributed by atoms with E-state index in [-0.39, 0.29) is 11.7 Å². The van der Waals surface area contributed by atoms with Gasteiger partial charge in [-0.05, 0) is 73.6 Å². The third kappa shape index (κ3) is 5.40. The Morgan fingerprint density at radius 2 is 1.97 bits per heavy atom. The van der Waals surface area contributed by atoms with Gasteiger partial charge in [0.05, 0.1) is 5.75 Å². The molecule has 0 radical (unpaired) electrons. The third-order valence-corrected chi connectivity index (χ3v) is 6.67. The molecule has 162 valence electrons. The lowest BCUT2D eigenvalue weighted by Gasteiger charge is -2.16. The number of hydrogen-bond donors (Lipinski definition) is 1. The topological polar surface area (TPSA) is 69.0 Å². The Balaban J connectivity index is 1.32. The van der Waals surface area contributed by atoms with Crippen molar-refractivity contribution in [2.24, 2.45) is 7.05 Å². The summed E-state index contributed by atoms with van der Waals surface area (Å²) in [5.41, 5.74) is 4.50. The summed E-state index contributed by atoms with van der Waals surface area (Å²) in [6.45, 7) is 2.26. The smallest absolute Gasteiger partial charge is 0.234 e. The fraction of sp³-hybridized carbons (Fsp3) is 0.348. The van der Waals surface area contributed by atoms with Crippen LogP contribution in [-0.4, -0.2) is 26.4 Å². The highest BCUT2D eigenvalue weighted by molar-refractivity contribution is 7.99. The number of aryl methyl sites for hydroxylation is 3. The Labute approximate surface area is 191 Å². The van der Waals surface area contributed by atoms with Gasteiger partial charge < -0.3 is 14.6 Å². The summed E-state index contributed by atoms with van der Waals surface area (Å²) in [6, 6.07) is 11.8. The molecule has 2 aromatic carbocycles. The van der Waals surface area contributed by atoms with Gasteiger partial charge in [0.15, 0.2) is 11.0 Å². The van der Waals surface area contributed by atoms with Crippen LogP contribution in [0.25, 0.3) is 0 Å². The number of aromatic nitrogens is 3. The second-order valence-electron chi connectivity index (χ2n) is 7.68. The number of thioether (sulfide) groups is 1. The molecule has 1 aliphatic rings. The average Bonchev–Trinajstić information content (AvgIpc) is 3.12. The molecular weight excluding hydrogens is 432 g/mol. The molecule has 0 bridgehead atoms. The molecule has 3 aromatic rings. The predicted molar refractivity (Wildman–Crippen MR) is 124 cm³/mol. The van der Waals surface area contributed by atoms with E-state index in [0.29, 0.717) is 22.6 Å². The highest BCUT2D eigenvalue weighted by Gasteiger charge is 2.14. The third-order valence-electron chi connectivity index (χ3n) is 5.42. The van der Waals surface area contributed by atoms with Crippen molar-refractivity contribution in [1.29, 1.82) is 0 Å². The summed E-state index contributed by atoms with van der Waals surface area (Å²) in [4.78, 5) is 12.3. The normalized spacial score (nSPS) is 13.0. The molecule has 0 aliphatic heterocycles. The lowest BCUT2D eigenvalue weighted by molar-refractivity contribution is -0.113. The maximum Gasteiger partial charge on any atom is 0.234 e. The van der Waals surface area contributed by atoms with E-state index in [2.05, 4.69) is 27.6 Å². The first-order valence-electron chi connectivity index (χ1n) is 10.3. The number of halogens is 1. The summed E-state index contributed by atoms with van der Waals surface area (Å²) in [5.74, 6) is 1.68. The molecule has 0 saturated heterocycles. The van der Waals surface area contributed by atoms with Gasteiger partial charge in [-0.2, -0.15) is 0 Å². The van der Waals surface area contributed by atoms with Gasteiger partial charge in [0, 0.05) is 17.8 Å². The standard InChI is InChI=1S/C23H25ClN4O2S/c1-15-7-9-18(24)12-20(15)25-22(29)14-31-23-27-26-21(28(23)2)13-30-19-10-8-16-5-3-4-6-17(16)11-19/h7-12H,3-6,13-14H2,1-2H3,(H,25,29). The number of anilines is 1. The molecule has 8 heteroatoms. The van der Waals surface area contributed by atoms with Crippen molar-refractivity contribution in [3.8, 4) is 5.75 Å². The zero-order valence-electron chi connectivity index (χ0n) is 17.7. The maximum atomic E-state index is 12.3. The number of nitrogens with zero attached hydrogens (tertiary/aromatic N) is 3. The summed E-state index contributed by atoms with van der Waals surface area (Å²) in [6.07, 6.45) is 4.78. The SMILES string of the molecule is Cc1ccc(Cl)cc1NC(=O)CSc1nnc(COc2ccc3c(c2)CCCC3)n1C. The fourth-order valence-corrected chi connectivity index (χ4v) is 4.49. The molecule has 1 N–H and O–H groups in total. The molecule has 0 atom stereocenters. The Hall–Kier alpha value is -2.51. The molecule has 0 fully saturated rings. The molecule has 31 heavy (non-hydrogen) atoms. The highest BCUT2D eigenvalue weighted by Crippen LogP contribution is 2.26. The van der Waals surface area contributed by atoms with E-state index in [1.54, 1.807) is 12.1 Å². The fourth-order valence-electron chi connectivity index (χ4n) is 3.59.